The average molecular weight is 415 g/mol. The van der Waals surface area contributed by atoms with Gasteiger partial charge in [0.1, 0.15) is 0 Å². The Labute approximate surface area is 180 Å². The Kier molecular flexibility index (Phi) is 5.40. The van der Waals surface area contributed by atoms with E-state index in [1.165, 1.54) is 0 Å². The van der Waals surface area contributed by atoms with E-state index in [0.29, 0.717) is 11.2 Å². The van der Waals surface area contributed by atoms with E-state index in [2.05, 4.69) is 4.90 Å². The second-order valence-electron chi connectivity index (χ2n) is 7.99. The van der Waals surface area contributed by atoms with E-state index < -0.39 is 0 Å². The van der Waals surface area contributed by atoms with Gasteiger partial charge in [-0.3, -0.25) is 15.1 Å². The summed E-state index contributed by atoms with van der Waals surface area (Å²) in [6, 6.07) is 21.8. The number of hydrogen-bond acceptors (Lipinski definition) is 4. The molecule has 1 aromatic heterocycles. The standard InChI is InChI=1S/C25H26N4O2/c26-25-28(12-11-27-13-15-31-16-14-27)22-7-3-4-8-23(22)29(25)18-24(30)21-10-9-19-5-1-2-6-20(19)17-21/h1-10,17,26H,11-16,18H2. The van der Waals surface area contributed by atoms with Gasteiger partial charge < -0.3 is 13.9 Å². The van der Waals surface area contributed by atoms with Gasteiger partial charge >= 0.3 is 0 Å². The lowest BCUT2D eigenvalue weighted by Crippen LogP contribution is -2.39. The first kappa shape index (κ1) is 19.7. The van der Waals surface area contributed by atoms with Gasteiger partial charge in [-0.2, -0.15) is 0 Å². The number of fused-ring (bicyclic) bond motifs is 2. The van der Waals surface area contributed by atoms with E-state index in [0.717, 1.165) is 61.2 Å². The van der Waals surface area contributed by atoms with Crippen LogP contribution in [-0.4, -0.2) is 52.7 Å². The van der Waals surface area contributed by atoms with E-state index in [1.807, 2.05) is 75.9 Å². The third kappa shape index (κ3) is 3.92. The number of benzene rings is 3. The number of rotatable bonds is 6. The van der Waals surface area contributed by atoms with Crippen LogP contribution in [0, 0.1) is 5.41 Å². The maximum absolute atomic E-state index is 13.1. The molecule has 1 fully saturated rings. The van der Waals surface area contributed by atoms with E-state index in [4.69, 9.17) is 10.1 Å². The van der Waals surface area contributed by atoms with Crippen LogP contribution in [0.4, 0.5) is 0 Å². The van der Waals surface area contributed by atoms with Crippen LogP contribution in [0.25, 0.3) is 21.8 Å². The number of ketones is 1. The third-order valence-electron chi connectivity index (χ3n) is 6.09. The molecule has 0 radical (unpaired) electrons. The maximum Gasteiger partial charge on any atom is 0.203 e. The zero-order valence-electron chi connectivity index (χ0n) is 17.5. The largest absolute Gasteiger partial charge is 0.379 e. The first-order chi connectivity index (χ1) is 15.2. The molecule has 0 amide bonds. The van der Waals surface area contributed by atoms with Gasteiger partial charge in [-0.05, 0) is 29.0 Å². The number of nitrogens with one attached hydrogen (secondary N) is 1. The van der Waals surface area contributed by atoms with Gasteiger partial charge in [0.25, 0.3) is 0 Å². The average Bonchev–Trinajstić information content (AvgIpc) is 3.08. The molecule has 158 valence electrons. The molecule has 1 aliphatic heterocycles. The summed E-state index contributed by atoms with van der Waals surface area (Å²) in [5.74, 6) is 0.0142. The molecule has 31 heavy (non-hydrogen) atoms. The van der Waals surface area contributed by atoms with Crippen LogP contribution in [0.15, 0.2) is 66.7 Å². The summed E-state index contributed by atoms with van der Waals surface area (Å²) in [5, 5.41) is 11.0. The number of morpholine rings is 1. The van der Waals surface area contributed by atoms with Gasteiger partial charge in [-0.15, -0.1) is 0 Å². The molecular formula is C25H26N4O2. The van der Waals surface area contributed by atoms with Crippen molar-refractivity contribution in [1.82, 2.24) is 14.0 Å². The second kappa shape index (κ2) is 8.49. The normalized spacial score (nSPS) is 15.0. The smallest absolute Gasteiger partial charge is 0.203 e. The predicted molar refractivity (Wildman–Crippen MR) is 121 cm³/mol. The molecule has 3 aromatic carbocycles. The molecule has 0 saturated carbocycles. The number of ether oxygens (including phenoxy) is 1. The lowest BCUT2D eigenvalue weighted by atomic mass is 10.0. The van der Waals surface area contributed by atoms with Crippen molar-refractivity contribution < 1.29 is 9.53 Å². The number of hydrogen-bond donors (Lipinski definition) is 1. The minimum Gasteiger partial charge on any atom is -0.379 e. The third-order valence-corrected chi connectivity index (χ3v) is 6.09. The van der Waals surface area contributed by atoms with Crippen LogP contribution in [0.5, 0.6) is 0 Å². The van der Waals surface area contributed by atoms with Gasteiger partial charge in [0, 0.05) is 31.7 Å². The Morgan fingerprint density at radius 2 is 1.52 bits per heavy atom. The van der Waals surface area contributed by atoms with Crippen molar-refractivity contribution >= 4 is 27.6 Å². The lowest BCUT2D eigenvalue weighted by molar-refractivity contribution is 0.0363. The first-order valence-corrected chi connectivity index (χ1v) is 10.8. The summed E-state index contributed by atoms with van der Waals surface area (Å²) in [6.07, 6.45) is 0. The molecule has 4 aromatic rings. The van der Waals surface area contributed by atoms with Crippen LogP contribution in [0.1, 0.15) is 10.4 Å². The molecule has 1 saturated heterocycles. The summed E-state index contributed by atoms with van der Waals surface area (Å²) in [7, 11) is 0. The summed E-state index contributed by atoms with van der Waals surface area (Å²) in [4.78, 5) is 15.5. The number of imidazole rings is 1. The quantitative estimate of drug-likeness (QED) is 0.493. The highest BCUT2D eigenvalue weighted by Gasteiger charge is 2.16. The van der Waals surface area contributed by atoms with Gasteiger partial charge in [0.2, 0.25) is 5.62 Å². The summed E-state index contributed by atoms with van der Waals surface area (Å²) in [5.41, 5.74) is 2.95. The van der Waals surface area contributed by atoms with E-state index in [-0.39, 0.29) is 12.3 Å². The van der Waals surface area contributed by atoms with Gasteiger partial charge in [-0.25, -0.2) is 0 Å². The van der Waals surface area contributed by atoms with Crippen LogP contribution < -0.4 is 5.62 Å². The van der Waals surface area contributed by atoms with Crippen molar-refractivity contribution in [2.24, 2.45) is 0 Å². The number of Topliss-reactive ketones (excluding diaryl/α,β-unsaturated/α-hetero) is 1. The van der Waals surface area contributed by atoms with Crippen molar-refractivity contribution in [3.8, 4) is 0 Å². The Morgan fingerprint density at radius 1 is 0.839 bits per heavy atom. The number of carbonyl (C=O) groups excluding carboxylic acids is 1. The molecular weight excluding hydrogens is 388 g/mol. The molecule has 0 spiro atoms. The van der Waals surface area contributed by atoms with Crippen molar-refractivity contribution in [1.29, 1.82) is 5.41 Å². The van der Waals surface area contributed by atoms with Crippen LogP contribution in [0.2, 0.25) is 0 Å². The molecule has 0 atom stereocenters. The highest BCUT2D eigenvalue weighted by atomic mass is 16.5. The fourth-order valence-electron chi connectivity index (χ4n) is 4.34. The monoisotopic (exact) mass is 414 g/mol. The number of carbonyl (C=O) groups is 1. The van der Waals surface area contributed by atoms with Gasteiger partial charge in [-0.1, -0.05) is 48.5 Å². The lowest BCUT2D eigenvalue weighted by Gasteiger charge is -2.26. The molecule has 6 heteroatoms. The minimum atomic E-state index is 0.0142. The molecule has 1 aliphatic rings. The molecule has 0 aliphatic carbocycles. The Balaban J connectivity index is 1.44. The number of nitrogens with zero attached hydrogens (tertiary/aromatic N) is 3. The SMILES string of the molecule is N=c1n(CCN2CCOCC2)c2ccccc2n1CC(=O)c1ccc2ccccc2c1. The molecule has 0 unspecified atom stereocenters. The topological polar surface area (TPSA) is 63.2 Å². The van der Waals surface area contributed by atoms with Gasteiger partial charge in [0.05, 0.1) is 30.8 Å². The van der Waals surface area contributed by atoms with Crippen molar-refractivity contribution in [3.05, 3.63) is 77.9 Å². The Morgan fingerprint density at radius 3 is 2.29 bits per heavy atom. The van der Waals surface area contributed by atoms with Crippen LogP contribution >= 0.6 is 0 Å². The fourth-order valence-corrected chi connectivity index (χ4v) is 4.34. The predicted octanol–water partition coefficient (Wildman–Crippen LogP) is 3.29. The first-order valence-electron chi connectivity index (χ1n) is 10.8. The zero-order chi connectivity index (χ0) is 21.2. The second-order valence-corrected chi connectivity index (χ2v) is 7.99. The van der Waals surface area contributed by atoms with Crippen LogP contribution in [-0.2, 0) is 17.8 Å². The highest BCUT2D eigenvalue weighted by molar-refractivity contribution is 6.00. The molecule has 5 rings (SSSR count). The van der Waals surface area contributed by atoms with E-state index in [9.17, 15) is 4.79 Å². The van der Waals surface area contributed by atoms with E-state index >= 15 is 0 Å². The number of para-hydroxylation sites is 2. The molecule has 6 nitrogen and oxygen atoms in total. The fraction of sp³-hybridized carbons (Fsp3) is 0.280. The number of aromatic nitrogens is 2. The Bertz CT molecular complexity index is 1300. The Hall–Kier alpha value is -3.22. The summed E-state index contributed by atoms with van der Waals surface area (Å²) in [6.45, 7) is 5.12. The highest BCUT2D eigenvalue weighted by Crippen LogP contribution is 2.18. The minimum absolute atomic E-state index is 0.0142. The van der Waals surface area contributed by atoms with Crippen molar-refractivity contribution in [3.63, 3.8) is 0 Å². The zero-order valence-corrected chi connectivity index (χ0v) is 17.5. The van der Waals surface area contributed by atoms with Gasteiger partial charge in [0.15, 0.2) is 5.78 Å². The molecule has 2 heterocycles. The van der Waals surface area contributed by atoms with E-state index in [1.54, 1.807) is 0 Å². The molecule has 0 bridgehead atoms. The van der Waals surface area contributed by atoms with Crippen LogP contribution in [0.3, 0.4) is 0 Å². The van der Waals surface area contributed by atoms with Crippen molar-refractivity contribution in [2.75, 3.05) is 32.8 Å². The summed E-state index contributed by atoms with van der Waals surface area (Å²) < 4.78 is 9.27. The molecule has 1 N–H and O–H groups in total. The van der Waals surface area contributed by atoms with Crippen molar-refractivity contribution in [2.45, 2.75) is 13.1 Å². The summed E-state index contributed by atoms with van der Waals surface area (Å²) >= 11 is 0. The maximum atomic E-state index is 13.1.